The molecule has 0 spiro atoms. The van der Waals surface area contributed by atoms with Crippen molar-refractivity contribution in [1.82, 2.24) is 15.2 Å². The lowest BCUT2D eigenvalue weighted by atomic mass is 10.1. The summed E-state index contributed by atoms with van der Waals surface area (Å²) in [5.41, 5.74) is 1.34. The van der Waals surface area contributed by atoms with Crippen molar-refractivity contribution < 1.29 is 4.79 Å². The molecule has 0 aliphatic heterocycles. The van der Waals surface area contributed by atoms with Crippen LogP contribution in [0.3, 0.4) is 0 Å². The largest absolute Gasteiger partial charge is 0.354 e. The summed E-state index contributed by atoms with van der Waals surface area (Å²) in [6.07, 6.45) is 0.734. The summed E-state index contributed by atoms with van der Waals surface area (Å²) in [6.45, 7) is 6.72. The summed E-state index contributed by atoms with van der Waals surface area (Å²) in [5, 5.41) is 6.11. The third-order valence-corrected chi connectivity index (χ3v) is 6.04. The predicted octanol–water partition coefficient (Wildman–Crippen LogP) is 3.72. The van der Waals surface area contributed by atoms with Gasteiger partial charge < -0.3 is 10.3 Å². The molecule has 3 aromatic rings. The van der Waals surface area contributed by atoms with Crippen molar-refractivity contribution in [2.45, 2.75) is 32.7 Å². The second-order valence-electron chi connectivity index (χ2n) is 6.77. The normalized spacial score (nSPS) is 12.4. The molecule has 0 saturated carbocycles. The van der Waals surface area contributed by atoms with Crippen LogP contribution in [-0.4, -0.2) is 35.4 Å². The summed E-state index contributed by atoms with van der Waals surface area (Å²) in [4.78, 5) is 31.2. The van der Waals surface area contributed by atoms with Gasteiger partial charge in [0.05, 0.1) is 6.04 Å². The molecule has 28 heavy (non-hydrogen) atoms. The maximum Gasteiger partial charge on any atom is 0.251 e. The quantitative estimate of drug-likeness (QED) is 0.578. The third kappa shape index (κ3) is 4.88. The Hall–Kier alpha value is -2.44. The maximum absolute atomic E-state index is 12.4. The van der Waals surface area contributed by atoms with Crippen LogP contribution in [0.15, 0.2) is 52.6 Å². The lowest BCUT2D eigenvalue weighted by molar-refractivity contribution is -0.121. The van der Waals surface area contributed by atoms with Gasteiger partial charge in [-0.2, -0.15) is 0 Å². The standard InChI is InChI=1S/C22H27N3O2S/c1-3-25(4-2)19(20-10-7-13-28-20)15-23-21(26)12-11-17-14-16-8-5-6-9-18(16)24-22(17)27/h5-10,13-14,19H,3-4,11-12,15H2,1-2H3,(H,23,26)(H,24,27). The van der Waals surface area contributed by atoms with Gasteiger partial charge in [0.2, 0.25) is 5.91 Å². The van der Waals surface area contributed by atoms with Gasteiger partial charge in [0.25, 0.3) is 5.56 Å². The van der Waals surface area contributed by atoms with Crippen LogP contribution in [0.2, 0.25) is 0 Å². The van der Waals surface area contributed by atoms with Gasteiger partial charge in [-0.25, -0.2) is 0 Å². The zero-order valence-electron chi connectivity index (χ0n) is 16.4. The van der Waals surface area contributed by atoms with Crippen LogP contribution >= 0.6 is 11.3 Å². The molecule has 2 N–H and O–H groups in total. The Morgan fingerprint density at radius 1 is 1.18 bits per heavy atom. The molecule has 1 unspecified atom stereocenters. The number of aryl methyl sites for hydroxylation is 1. The van der Waals surface area contributed by atoms with E-state index in [4.69, 9.17) is 0 Å². The molecule has 0 fully saturated rings. The Morgan fingerprint density at radius 3 is 2.68 bits per heavy atom. The van der Waals surface area contributed by atoms with Crippen LogP contribution in [0.5, 0.6) is 0 Å². The van der Waals surface area contributed by atoms with E-state index in [-0.39, 0.29) is 17.5 Å². The van der Waals surface area contributed by atoms with Crippen LogP contribution in [0.1, 0.15) is 36.8 Å². The number of nitrogens with zero attached hydrogens (tertiary/aromatic N) is 1. The number of thiophene rings is 1. The van der Waals surface area contributed by atoms with Crippen LogP contribution in [0.25, 0.3) is 10.9 Å². The molecule has 148 valence electrons. The number of hydrogen-bond donors (Lipinski definition) is 2. The van der Waals surface area contributed by atoms with Gasteiger partial charge in [-0.05, 0) is 48.5 Å². The van der Waals surface area contributed by atoms with Gasteiger partial charge in [0.1, 0.15) is 0 Å². The van der Waals surface area contributed by atoms with E-state index < -0.39 is 0 Å². The zero-order chi connectivity index (χ0) is 19.9. The van der Waals surface area contributed by atoms with E-state index in [0.29, 0.717) is 24.9 Å². The second kappa shape index (κ2) is 9.66. The summed E-state index contributed by atoms with van der Waals surface area (Å²) < 4.78 is 0. The minimum absolute atomic E-state index is 0.0266. The van der Waals surface area contributed by atoms with Crippen molar-refractivity contribution in [3.05, 3.63) is 68.6 Å². The number of para-hydroxylation sites is 1. The first-order chi connectivity index (χ1) is 13.6. The molecular formula is C22H27N3O2S. The number of fused-ring (bicyclic) bond motifs is 1. The number of carbonyl (C=O) groups excluding carboxylic acids is 1. The monoisotopic (exact) mass is 397 g/mol. The minimum atomic E-state index is -0.119. The van der Waals surface area contributed by atoms with E-state index in [2.05, 4.69) is 40.5 Å². The van der Waals surface area contributed by atoms with Crippen molar-refractivity contribution >= 4 is 28.1 Å². The van der Waals surface area contributed by atoms with Gasteiger partial charge in [0.15, 0.2) is 0 Å². The fraction of sp³-hybridized carbons (Fsp3) is 0.364. The van der Waals surface area contributed by atoms with E-state index in [1.807, 2.05) is 36.4 Å². The van der Waals surface area contributed by atoms with E-state index >= 15 is 0 Å². The highest BCUT2D eigenvalue weighted by Crippen LogP contribution is 2.24. The summed E-state index contributed by atoms with van der Waals surface area (Å²) >= 11 is 1.72. The zero-order valence-corrected chi connectivity index (χ0v) is 17.2. The summed E-state index contributed by atoms with van der Waals surface area (Å²) in [7, 11) is 0. The fourth-order valence-electron chi connectivity index (χ4n) is 3.48. The molecule has 2 aromatic heterocycles. The number of aromatic nitrogens is 1. The number of likely N-dealkylation sites (N-methyl/N-ethyl adjacent to an activating group) is 1. The third-order valence-electron chi connectivity index (χ3n) is 5.07. The number of amides is 1. The number of pyridine rings is 1. The van der Waals surface area contributed by atoms with Crippen molar-refractivity contribution in [2.75, 3.05) is 19.6 Å². The van der Waals surface area contributed by atoms with E-state index in [9.17, 15) is 9.59 Å². The predicted molar refractivity (Wildman–Crippen MR) is 116 cm³/mol. The first-order valence-electron chi connectivity index (χ1n) is 9.77. The first kappa shape index (κ1) is 20.3. The number of nitrogens with one attached hydrogen (secondary N) is 2. The summed E-state index contributed by atoms with van der Waals surface area (Å²) in [6, 6.07) is 13.9. The first-order valence-corrected chi connectivity index (χ1v) is 10.7. The number of hydrogen-bond acceptors (Lipinski definition) is 4. The minimum Gasteiger partial charge on any atom is -0.354 e. The Labute approximate surface area is 169 Å². The van der Waals surface area contributed by atoms with Crippen LogP contribution in [0, 0.1) is 0 Å². The van der Waals surface area contributed by atoms with Gasteiger partial charge in [-0.1, -0.05) is 38.1 Å². The second-order valence-corrected chi connectivity index (χ2v) is 7.75. The molecule has 1 aromatic carbocycles. The van der Waals surface area contributed by atoms with Crippen LogP contribution in [0.4, 0.5) is 0 Å². The molecule has 1 amide bonds. The number of benzene rings is 1. The van der Waals surface area contributed by atoms with Gasteiger partial charge in [-0.3, -0.25) is 14.5 Å². The van der Waals surface area contributed by atoms with Gasteiger partial charge in [0, 0.05) is 28.9 Å². The maximum atomic E-state index is 12.4. The van der Waals surface area contributed by atoms with Crippen LogP contribution < -0.4 is 10.9 Å². The van der Waals surface area contributed by atoms with Crippen LogP contribution in [-0.2, 0) is 11.2 Å². The smallest absolute Gasteiger partial charge is 0.251 e. The lowest BCUT2D eigenvalue weighted by Gasteiger charge is -2.29. The molecule has 3 rings (SSSR count). The molecule has 0 saturated heterocycles. The Balaban J connectivity index is 1.60. The molecular weight excluding hydrogens is 370 g/mol. The van der Waals surface area contributed by atoms with Gasteiger partial charge >= 0.3 is 0 Å². The number of aromatic amines is 1. The molecule has 2 heterocycles. The average molecular weight is 398 g/mol. The van der Waals surface area contributed by atoms with Crippen molar-refractivity contribution in [1.29, 1.82) is 0 Å². The van der Waals surface area contributed by atoms with Gasteiger partial charge in [-0.15, -0.1) is 11.3 Å². The number of rotatable bonds is 9. The number of H-pyrrole nitrogens is 1. The Morgan fingerprint density at radius 2 is 1.96 bits per heavy atom. The average Bonchev–Trinajstić information content (AvgIpc) is 3.24. The van der Waals surface area contributed by atoms with E-state index in [1.165, 1.54) is 4.88 Å². The highest BCUT2D eigenvalue weighted by atomic mass is 32.1. The molecule has 5 nitrogen and oxygen atoms in total. The molecule has 1 atom stereocenters. The molecule has 0 aliphatic rings. The molecule has 0 aliphatic carbocycles. The summed E-state index contributed by atoms with van der Waals surface area (Å²) in [5.74, 6) is -0.0266. The topological polar surface area (TPSA) is 65.2 Å². The lowest BCUT2D eigenvalue weighted by Crippen LogP contribution is -2.37. The highest BCUT2D eigenvalue weighted by molar-refractivity contribution is 7.10. The van der Waals surface area contributed by atoms with Crippen molar-refractivity contribution in [3.8, 4) is 0 Å². The highest BCUT2D eigenvalue weighted by Gasteiger charge is 2.19. The molecule has 6 heteroatoms. The van der Waals surface area contributed by atoms with E-state index in [1.54, 1.807) is 11.3 Å². The molecule has 0 radical (unpaired) electrons. The van der Waals surface area contributed by atoms with Crippen molar-refractivity contribution in [3.63, 3.8) is 0 Å². The Kier molecular flexibility index (Phi) is 7.01. The fourth-order valence-corrected chi connectivity index (χ4v) is 4.34. The van der Waals surface area contributed by atoms with E-state index in [0.717, 1.165) is 24.0 Å². The Bertz CT molecular complexity index is 961. The van der Waals surface area contributed by atoms with Crippen molar-refractivity contribution in [2.24, 2.45) is 0 Å². The SMILES string of the molecule is CCN(CC)C(CNC(=O)CCc1cc2ccccc2[nH]c1=O)c1cccs1. The number of carbonyl (C=O) groups is 1. The molecule has 0 bridgehead atoms.